The van der Waals surface area contributed by atoms with Gasteiger partial charge in [0.2, 0.25) is 0 Å². The van der Waals surface area contributed by atoms with Crippen LogP contribution in [0.1, 0.15) is 35.0 Å². The van der Waals surface area contributed by atoms with E-state index in [9.17, 15) is 18.4 Å². The first kappa shape index (κ1) is 15.9. The van der Waals surface area contributed by atoms with Gasteiger partial charge in [-0.25, -0.2) is 8.78 Å². The minimum atomic E-state index is -2.84. The Balaban J connectivity index is 2.16. The van der Waals surface area contributed by atoms with E-state index in [1.807, 2.05) is 6.92 Å². The van der Waals surface area contributed by atoms with Crippen LogP contribution in [-0.2, 0) is 20.1 Å². The van der Waals surface area contributed by atoms with Gasteiger partial charge in [0.05, 0.1) is 5.56 Å². The Morgan fingerprint density at radius 2 is 2.18 bits per heavy atom. The Bertz CT molecular complexity index is 737. The molecule has 2 aromatic rings. The van der Waals surface area contributed by atoms with Crippen LogP contribution in [0.3, 0.4) is 0 Å². The number of carbonyl (C=O) groups is 1. The minimum Gasteiger partial charge on any atom is -0.348 e. The minimum absolute atomic E-state index is 0.0317. The van der Waals surface area contributed by atoms with E-state index in [4.69, 9.17) is 0 Å². The number of alkyl halides is 2. The van der Waals surface area contributed by atoms with E-state index in [1.54, 1.807) is 18.3 Å². The van der Waals surface area contributed by atoms with Gasteiger partial charge in [0, 0.05) is 38.1 Å². The molecule has 0 saturated carbocycles. The number of aromatic nitrogens is 3. The van der Waals surface area contributed by atoms with Crippen LogP contribution in [-0.4, -0.2) is 20.3 Å². The molecule has 0 aliphatic rings. The van der Waals surface area contributed by atoms with Crippen LogP contribution in [0.15, 0.2) is 29.3 Å². The van der Waals surface area contributed by atoms with Gasteiger partial charge in [0.1, 0.15) is 5.69 Å². The summed E-state index contributed by atoms with van der Waals surface area (Å²) < 4.78 is 28.3. The number of carbonyl (C=O) groups excluding carboxylic acids is 1. The van der Waals surface area contributed by atoms with Crippen molar-refractivity contribution in [3.8, 4) is 0 Å². The van der Waals surface area contributed by atoms with E-state index < -0.39 is 18.0 Å². The van der Waals surface area contributed by atoms with Crippen LogP contribution in [0.2, 0.25) is 0 Å². The first-order valence-electron chi connectivity index (χ1n) is 6.72. The van der Waals surface area contributed by atoms with Crippen LogP contribution >= 0.6 is 0 Å². The van der Waals surface area contributed by atoms with Gasteiger partial charge in [0.25, 0.3) is 17.9 Å². The van der Waals surface area contributed by atoms with Crippen LogP contribution < -0.4 is 10.9 Å². The highest BCUT2D eigenvalue weighted by molar-refractivity contribution is 5.95. The molecule has 0 bridgehead atoms. The normalized spacial score (nSPS) is 11.0. The average Bonchev–Trinajstić information content (AvgIpc) is 2.88. The molecule has 2 rings (SSSR count). The standard InChI is InChI=1S/C14H16F2N4O2/c1-3-20-6-4-5-9(14(20)22)7-17-13(21)10-8-19(2)18-11(10)12(15)16/h4-6,8,12H,3,7H2,1-2H3,(H,17,21). The second-order valence-electron chi connectivity index (χ2n) is 4.71. The fourth-order valence-corrected chi connectivity index (χ4v) is 2.08. The summed E-state index contributed by atoms with van der Waals surface area (Å²) in [6.45, 7) is 2.31. The van der Waals surface area contributed by atoms with Crippen LogP contribution in [0.5, 0.6) is 0 Å². The maximum absolute atomic E-state index is 12.8. The van der Waals surface area contributed by atoms with Crippen molar-refractivity contribution in [2.75, 3.05) is 0 Å². The van der Waals surface area contributed by atoms with E-state index in [-0.39, 0.29) is 17.7 Å². The Labute approximate surface area is 125 Å². The lowest BCUT2D eigenvalue weighted by Gasteiger charge is -2.07. The summed E-state index contributed by atoms with van der Waals surface area (Å²) >= 11 is 0. The number of pyridine rings is 1. The van der Waals surface area contributed by atoms with E-state index in [1.165, 1.54) is 17.8 Å². The topological polar surface area (TPSA) is 68.9 Å². The van der Waals surface area contributed by atoms with Crippen molar-refractivity contribution < 1.29 is 13.6 Å². The molecule has 0 aromatic carbocycles. The molecular formula is C14H16F2N4O2. The van der Waals surface area contributed by atoms with E-state index >= 15 is 0 Å². The molecule has 0 atom stereocenters. The second kappa shape index (κ2) is 6.50. The van der Waals surface area contributed by atoms with Crippen molar-refractivity contribution in [1.82, 2.24) is 19.7 Å². The van der Waals surface area contributed by atoms with Gasteiger partial charge in [-0.15, -0.1) is 0 Å². The van der Waals surface area contributed by atoms with Gasteiger partial charge in [-0.1, -0.05) is 6.07 Å². The van der Waals surface area contributed by atoms with Crippen molar-refractivity contribution in [2.24, 2.45) is 7.05 Å². The lowest BCUT2D eigenvalue weighted by molar-refractivity contribution is 0.0936. The number of aryl methyl sites for hydroxylation is 2. The largest absolute Gasteiger partial charge is 0.348 e. The van der Waals surface area contributed by atoms with E-state index in [2.05, 4.69) is 10.4 Å². The van der Waals surface area contributed by atoms with E-state index in [0.29, 0.717) is 12.1 Å². The lowest BCUT2D eigenvalue weighted by Crippen LogP contribution is -2.29. The molecule has 0 unspecified atom stereocenters. The first-order valence-corrected chi connectivity index (χ1v) is 6.72. The SMILES string of the molecule is CCn1cccc(CNC(=O)c2cn(C)nc2C(F)F)c1=O. The molecule has 1 N–H and O–H groups in total. The zero-order chi connectivity index (χ0) is 16.3. The molecule has 1 amide bonds. The summed E-state index contributed by atoms with van der Waals surface area (Å²) in [6, 6.07) is 3.28. The van der Waals surface area contributed by atoms with Gasteiger partial charge in [0.15, 0.2) is 0 Å². The van der Waals surface area contributed by atoms with Crippen molar-refractivity contribution in [3.05, 3.63) is 51.7 Å². The zero-order valence-electron chi connectivity index (χ0n) is 12.2. The molecule has 0 spiro atoms. The van der Waals surface area contributed by atoms with E-state index in [0.717, 1.165) is 4.68 Å². The Hall–Kier alpha value is -2.51. The highest BCUT2D eigenvalue weighted by Crippen LogP contribution is 2.20. The molecule has 0 radical (unpaired) electrons. The molecule has 8 heteroatoms. The van der Waals surface area contributed by atoms with Gasteiger partial charge >= 0.3 is 0 Å². The third kappa shape index (κ3) is 3.21. The van der Waals surface area contributed by atoms with Crippen LogP contribution in [0.25, 0.3) is 0 Å². The summed E-state index contributed by atoms with van der Waals surface area (Å²) in [5, 5.41) is 6.05. The summed E-state index contributed by atoms with van der Waals surface area (Å²) in [5.74, 6) is -0.685. The molecule has 0 aliphatic heterocycles. The number of nitrogens with zero attached hydrogens (tertiary/aromatic N) is 3. The van der Waals surface area contributed by atoms with Gasteiger partial charge in [-0.2, -0.15) is 5.10 Å². The summed E-state index contributed by atoms with van der Waals surface area (Å²) in [7, 11) is 1.46. The molecule has 0 aliphatic carbocycles. The molecule has 0 saturated heterocycles. The second-order valence-corrected chi connectivity index (χ2v) is 4.71. The number of hydrogen-bond donors (Lipinski definition) is 1. The Kier molecular flexibility index (Phi) is 4.69. The fraction of sp³-hybridized carbons (Fsp3) is 0.357. The molecular weight excluding hydrogens is 294 g/mol. The molecule has 6 nitrogen and oxygen atoms in total. The molecule has 22 heavy (non-hydrogen) atoms. The number of amides is 1. The average molecular weight is 310 g/mol. The molecule has 2 heterocycles. The highest BCUT2D eigenvalue weighted by Gasteiger charge is 2.22. The molecule has 118 valence electrons. The predicted molar refractivity (Wildman–Crippen MR) is 75.7 cm³/mol. The number of rotatable bonds is 5. The third-order valence-corrected chi connectivity index (χ3v) is 3.19. The van der Waals surface area contributed by atoms with Crippen molar-refractivity contribution in [1.29, 1.82) is 0 Å². The third-order valence-electron chi connectivity index (χ3n) is 3.19. The molecule has 2 aromatic heterocycles. The smallest absolute Gasteiger partial charge is 0.282 e. The van der Waals surface area contributed by atoms with Crippen molar-refractivity contribution in [3.63, 3.8) is 0 Å². The summed E-state index contributed by atoms with van der Waals surface area (Å²) in [4.78, 5) is 24.0. The number of hydrogen-bond acceptors (Lipinski definition) is 3. The van der Waals surface area contributed by atoms with Crippen LogP contribution in [0.4, 0.5) is 8.78 Å². The summed E-state index contributed by atoms with van der Waals surface area (Å²) in [6.07, 6.45) is 0.0338. The van der Waals surface area contributed by atoms with Crippen molar-refractivity contribution >= 4 is 5.91 Å². The summed E-state index contributed by atoms with van der Waals surface area (Å²) in [5.41, 5.74) is -0.589. The van der Waals surface area contributed by atoms with Gasteiger partial charge in [-0.05, 0) is 13.0 Å². The van der Waals surface area contributed by atoms with Gasteiger partial charge in [-0.3, -0.25) is 14.3 Å². The fourth-order valence-electron chi connectivity index (χ4n) is 2.08. The number of halogens is 2. The quantitative estimate of drug-likeness (QED) is 0.909. The lowest BCUT2D eigenvalue weighted by atomic mass is 10.2. The van der Waals surface area contributed by atoms with Gasteiger partial charge < -0.3 is 9.88 Å². The predicted octanol–water partition coefficient (Wildman–Crippen LogP) is 1.47. The first-order chi connectivity index (χ1) is 10.4. The zero-order valence-corrected chi connectivity index (χ0v) is 12.2. The van der Waals surface area contributed by atoms with Crippen molar-refractivity contribution in [2.45, 2.75) is 26.4 Å². The number of nitrogens with one attached hydrogen (secondary N) is 1. The maximum atomic E-state index is 12.8. The maximum Gasteiger partial charge on any atom is 0.282 e. The monoisotopic (exact) mass is 310 g/mol. The Morgan fingerprint density at radius 3 is 2.82 bits per heavy atom. The highest BCUT2D eigenvalue weighted by atomic mass is 19.3. The molecule has 0 fully saturated rings. The Morgan fingerprint density at radius 1 is 1.45 bits per heavy atom. The van der Waals surface area contributed by atoms with Crippen LogP contribution in [0, 0.1) is 0 Å².